The van der Waals surface area contributed by atoms with Gasteiger partial charge in [0.2, 0.25) is 0 Å². The molecule has 3 nitrogen and oxygen atoms in total. The van der Waals surface area contributed by atoms with Crippen molar-refractivity contribution in [2.24, 2.45) is 7.05 Å². The minimum atomic E-state index is 0.954. The summed E-state index contributed by atoms with van der Waals surface area (Å²) in [7, 11) is 2.05. The van der Waals surface area contributed by atoms with Crippen LogP contribution < -0.4 is 0 Å². The van der Waals surface area contributed by atoms with Crippen LogP contribution in [0.2, 0.25) is 0 Å². The van der Waals surface area contributed by atoms with E-state index < -0.39 is 0 Å². The molecule has 0 unspecified atom stereocenters. The van der Waals surface area contributed by atoms with Crippen molar-refractivity contribution < 1.29 is 0 Å². The van der Waals surface area contributed by atoms with Gasteiger partial charge in [-0.3, -0.25) is 0 Å². The summed E-state index contributed by atoms with van der Waals surface area (Å²) in [5.41, 5.74) is 6.63. The quantitative estimate of drug-likeness (QED) is 0.541. The maximum Gasteiger partial charge on any atom is 0.144 e. The number of aromatic nitrogens is 3. The maximum absolute atomic E-state index is 4.54. The van der Waals surface area contributed by atoms with Gasteiger partial charge in [-0.25, -0.2) is 9.97 Å². The van der Waals surface area contributed by atoms with Gasteiger partial charge in [0.05, 0.1) is 11.4 Å². The zero-order valence-electron chi connectivity index (χ0n) is 13.2. The van der Waals surface area contributed by atoms with Crippen LogP contribution in [-0.2, 0) is 7.05 Å². The Kier molecular flexibility index (Phi) is 3.19. The van der Waals surface area contributed by atoms with Gasteiger partial charge in [0.25, 0.3) is 0 Å². The average Bonchev–Trinajstić information content (AvgIpc) is 2.93. The molecule has 0 aliphatic heterocycles. The smallest absolute Gasteiger partial charge is 0.144 e. The first-order valence-electron chi connectivity index (χ1n) is 7.67. The maximum atomic E-state index is 4.54. The van der Waals surface area contributed by atoms with Gasteiger partial charge in [0.15, 0.2) is 0 Å². The predicted octanol–water partition coefficient (Wildman–Crippen LogP) is 4.61. The Balaban J connectivity index is 1.98. The minimum absolute atomic E-state index is 0.954. The Hall–Kier alpha value is -2.94. The number of fused-ring (bicyclic) bond motifs is 1. The highest BCUT2D eigenvalue weighted by Crippen LogP contribution is 2.31. The molecule has 0 atom stereocenters. The summed E-state index contributed by atoms with van der Waals surface area (Å²) in [5.74, 6) is 0. The molecule has 4 aromatic rings. The van der Waals surface area contributed by atoms with E-state index in [4.69, 9.17) is 0 Å². The molecule has 0 saturated carbocycles. The lowest BCUT2D eigenvalue weighted by molar-refractivity contribution is 0.952. The molecule has 0 N–H and O–H groups in total. The molecule has 4 rings (SSSR count). The second-order valence-corrected chi connectivity index (χ2v) is 5.78. The van der Waals surface area contributed by atoms with E-state index in [1.54, 1.807) is 6.33 Å². The Morgan fingerprint density at radius 1 is 0.826 bits per heavy atom. The average molecular weight is 299 g/mol. The van der Waals surface area contributed by atoms with Crippen molar-refractivity contribution in [1.82, 2.24) is 14.5 Å². The molecule has 2 aromatic heterocycles. The first-order chi connectivity index (χ1) is 11.2. The van der Waals surface area contributed by atoms with Gasteiger partial charge in [0, 0.05) is 18.0 Å². The summed E-state index contributed by atoms with van der Waals surface area (Å²) in [5, 5.41) is 1.08. The first-order valence-corrected chi connectivity index (χ1v) is 7.67. The zero-order valence-corrected chi connectivity index (χ0v) is 13.2. The van der Waals surface area contributed by atoms with Crippen molar-refractivity contribution in [3.8, 4) is 22.5 Å². The molecule has 2 aromatic carbocycles. The van der Waals surface area contributed by atoms with Gasteiger partial charge < -0.3 is 4.57 Å². The van der Waals surface area contributed by atoms with Crippen LogP contribution in [0.3, 0.4) is 0 Å². The van der Waals surface area contributed by atoms with Gasteiger partial charge in [-0.2, -0.15) is 0 Å². The number of nitrogens with zero attached hydrogens (tertiary/aromatic N) is 3. The molecule has 0 saturated heterocycles. The Labute approximate surface area is 135 Å². The van der Waals surface area contributed by atoms with Crippen LogP contribution in [0.1, 0.15) is 5.56 Å². The monoisotopic (exact) mass is 299 g/mol. The van der Waals surface area contributed by atoms with E-state index in [1.165, 1.54) is 11.1 Å². The molecular weight excluding hydrogens is 282 g/mol. The topological polar surface area (TPSA) is 30.7 Å². The summed E-state index contributed by atoms with van der Waals surface area (Å²) < 4.78 is 2.13. The highest BCUT2D eigenvalue weighted by atomic mass is 15.0. The summed E-state index contributed by atoms with van der Waals surface area (Å²) >= 11 is 0. The Morgan fingerprint density at radius 2 is 1.61 bits per heavy atom. The largest absolute Gasteiger partial charge is 0.328 e. The van der Waals surface area contributed by atoms with Crippen molar-refractivity contribution in [2.45, 2.75) is 6.92 Å². The first kappa shape index (κ1) is 13.7. The van der Waals surface area contributed by atoms with Gasteiger partial charge in [-0.1, -0.05) is 54.1 Å². The van der Waals surface area contributed by atoms with E-state index in [9.17, 15) is 0 Å². The third kappa shape index (κ3) is 2.30. The second-order valence-electron chi connectivity index (χ2n) is 5.78. The van der Waals surface area contributed by atoms with Crippen LogP contribution >= 0.6 is 0 Å². The lowest BCUT2D eigenvalue weighted by Gasteiger charge is -2.04. The van der Waals surface area contributed by atoms with Crippen molar-refractivity contribution >= 4 is 11.0 Å². The molecule has 0 radical (unpaired) electrons. The molecule has 0 amide bonds. The molecule has 23 heavy (non-hydrogen) atoms. The predicted molar refractivity (Wildman–Crippen MR) is 94.1 cm³/mol. The van der Waals surface area contributed by atoms with Crippen LogP contribution in [0.15, 0.2) is 67.0 Å². The number of hydrogen-bond acceptors (Lipinski definition) is 2. The molecule has 0 aliphatic carbocycles. The Bertz CT molecular complexity index is 984. The van der Waals surface area contributed by atoms with Gasteiger partial charge in [-0.15, -0.1) is 0 Å². The van der Waals surface area contributed by atoms with Crippen LogP contribution in [-0.4, -0.2) is 14.5 Å². The van der Waals surface area contributed by atoms with Gasteiger partial charge in [-0.05, 0) is 24.6 Å². The second kappa shape index (κ2) is 5.36. The van der Waals surface area contributed by atoms with E-state index in [-0.39, 0.29) is 0 Å². The van der Waals surface area contributed by atoms with Gasteiger partial charge >= 0.3 is 0 Å². The van der Waals surface area contributed by atoms with Crippen LogP contribution in [0.4, 0.5) is 0 Å². The molecule has 0 aliphatic rings. The molecule has 2 heterocycles. The third-order valence-corrected chi connectivity index (χ3v) is 4.18. The summed E-state index contributed by atoms with van der Waals surface area (Å²) in [6, 6.07) is 21.0. The van der Waals surface area contributed by atoms with E-state index in [2.05, 4.69) is 83.1 Å². The summed E-state index contributed by atoms with van der Waals surface area (Å²) in [6.45, 7) is 2.10. The minimum Gasteiger partial charge on any atom is -0.328 e. The van der Waals surface area contributed by atoms with Crippen molar-refractivity contribution in [3.63, 3.8) is 0 Å². The number of hydrogen-bond donors (Lipinski definition) is 0. The standard InChI is InChI=1S/C20H17N3/c1-14-7-6-10-16(11-14)19-17-12-18(15-8-4-3-5-9-15)23(2)20(17)22-13-21-19/h3-13H,1-2H3. The fraction of sp³-hybridized carbons (Fsp3) is 0.100. The van der Waals surface area contributed by atoms with E-state index in [1.807, 2.05) is 6.07 Å². The molecule has 0 spiro atoms. The fourth-order valence-corrected chi connectivity index (χ4v) is 3.04. The third-order valence-electron chi connectivity index (χ3n) is 4.18. The SMILES string of the molecule is Cc1cccc(-c2ncnc3c2cc(-c2ccccc2)n3C)c1. The number of aryl methyl sites for hydroxylation is 2. The van der Waals surface area contributed by atoms with Crippen LogP contribution in [0, 0.1) is 6.92 Å². The zero-order chi connectivity index (χ0) is 15.8. The lowest BCUT2D eigenvalue weighted by atomic mass is 10.1. The van der Waals surface area contributed by atoms with Gasteiger partial charge in [0.1, 0.15) is 12.0 Å². The number of rotatable bonds is 2. The van der Waals surface area contributed by atoms with Crippen LogP contribution in [0.25, 0.3) is 33.5 Å². The molecule has 0 fully saturated rings. The molecule has 0 bridgehead atoms. The van der Waals surface area contributed by atoms with Crippen molar-refractivity contribution in [3.05, 3.63) is 72.6 Å². The van der Waals surface area contributed by atoms with E-state index >= 15 is 0 Å². The van der Waals surface area contributed by atoms with Crippen molar-refractivity contribution in [2.75, 3.05) is 0 Å². The molecule has 112 valence electrons. The summed E-state index contributed by atoms with van der Waals surface area (Å²) in [6.07, 6.45) is 1.65. The normalized spacial score (nSPS) is 11.0. The molecular formula is C20H17N3. The fourth-order valence-electron chi connectivity index (χ4n) is 3.04. The Morgan fingerprint density at radius 3 is 2.39 bits per heavy atom. The van der Waals surface area contributed by atoms with E-state index in [0.29, 0.717) is 0 Å². The highest BCUT2D eigenvalue weighted by molar-refractivity contribution is 5.94. The summed E-state index contributed by atoms with van der Waals surface area (Å²) in [4.78, 5) is 9.03. The molecule has 3 heteroatoms. The number of benzene rings is 2. The van der Waals surface area contributed by atoms with E-state index in [0.717, 1.165) is 28.0 Å². The highest BCUT2D eigenvalue weighted by Gasteiger charge is 2.13. The van der Waals surface area contributed by atoms with Crippen molar-refractivity contribution in [1.29, 1.82) is 0 Å². The van der Waals surface area contributed by atoms with Crippen LogP contribution in [0.5, 0.6) is 0 Å². The lowest BCUT2D eigenvalue weighted by Crippen LogP contribution is -1.94.